The van der Waals surface area contributed by atoms with Crippen LogP contribution in [0.1, 0.15) is 12.0 Å². The minimum Gasteiger partial charge on any atom is -0.493 e. The van der Waals surface area contributed by atoms with Gasteiger partial charge in [-0.1, -0.05) is 24.3 Å². The third-order valence-electron chi connectivity index (χ3n) is 3.23. The number of hydrogen-bond donors (Lipinski definition) is 2. The van der Waals surface area contributed by atoms with E-state index in [1.807, 2.05) is 31.2 Å². The summed E-state index contributed by atoms with van der Waals surface area (Å²) in [6.07, 6.45) is 1.60. The number of aromatic nitrogens is 1. The summed E-state index contributed by atoms with van der Waals surface area (Å²) in [6.45, 7) is 1.95. The molecule has 0 saturated heterocycles. The van der Waals surface area contributed by atoms with E-state index in [1.54, 1.807) is 12.1 Å². The smallest absolute Gasteiger partial charge is 0.258 e. The van der Waals surface area contributed by atoms with Crippen molar-refractivity contribution in [3.63, 3.8) is 0 Å². The summed E-state index contributed by atoms with van der Waals surface area (Å²) in [5.74, 6) is -0.147. The fraction of sp³-hybridized carbons (Fsp3) is 0.235. The van der Waals surface area contributed by atoms with Gasteiger partial charge >= 0.3 is 0 Å². The molecule has 2 rings (SSSR count). The molecule has 0 fully saturated rings. The summed E-state index contributed by atoms with van der Waals surface area (Å²) < 4.78 is 6.75. The number of hydrazine groups is 1. The van der Waals surface area contributed by atoms with Gasteiger partial charge in [0, 0.05) is 12.3 Å². The molecular weight excluding hydrogens is 310 g/mol. The second-order valence-electron chi connectivity index (χ2n) is 5.13. The van der Waals surface area contributed by atoms with Gasteiger partial charge in [-0.15, -0.1) is 0 Å². The summed E-state index contributed by atoms with van der Waals surface area (Å²) in [4.78, 5) is 34.8. The Morgan fingerprint density at radius 3 is 2.50 bits per heavy atom. The lowest BCUT2D eigenvalue weighted by Crippen LogP contribution is -2.44. The van der Waals surface area contributed by atoms with Gasteiger partial charge in [-0.2, -0.15) is 0 Å². The van der Waals surface area contributed by atoms with Crippen molar-refractivity contribution in [1.29, 1.82) is 0 Å². The molecule has 1 aromatic carbocycles. The third-order valence-corrected chi connectivity index (χ3v) is 3.23. The standard InChI is InChI=1S/C17H19N3O4/c1-13-6-2-3-7-14(13)24-11-9-15(21)18-19-16(22)12-20-10-5-4-8-17(20)23/h2-8,10H,9,11-12H2,1H3,(H,18,21)(H,19,22). The second-order valence-corrected chi connectivity index (χ2v) is 5.13. The van der Waals surface area contributed by atoms with Gasteiger partial charge in [-0.3, -0.25) is 25.2 Å². The molecule has 126 valence electrons. The highest BCUT2D eigenvalue weighted by Crippen LogP contribution is 2.15. The van der Waals surface area contributed by atoms with Gasteiger partial charge in [0.25, 0.3) is 11.5 Å². The topological polar surface area (TPSA) is 89.4 Å². The average Bonchev–Trinajstić information content (AvgIpc) is 2.57. The second kappa shape index (κ2) is 8.52. The molecule has 0 aliphatic heterocycles. The molecule has 0 bridgehead atoms. The molecule has 0 saturated carbocycles. The van der Waals surface area contributed by atoms with E-state index < -0.39 is 5.91 Å². The van der Waals surface area contributed by atoms with Crippen LogP contribution >= 0.6 is 0 Å². The van der Waals surface area contributed by atoms with Crippen LogP contribution in [0.25, 0.3) is 0 Å². The van der Waals surface area contributed by atoms with E-state index in [0.717, 1.165) is 11.3 Å². The predicted molar refractivity (Wildman–Crippen MR) is 88.3 cm³/mol. The summed E-state index contributed by atoms with van der Waals surface area (Å²) in [5.41, 5.74) is 5.25. The SMILES string of the molecule is Cc1ccccc1OCCC(=O)NNC(=O)Cn1ccccc1=O. The molecule has 1 aromatic heterocycles. The summed E-state index contributed by atoms with van der Waals surface area (Å²) >= 11 is 0. The maximum Gasteiger partial charge on any atom is 0.258 e. The van der Waals surface area contributed by atoms with Crippen LogP contribution in [0.4, 0.5) is 0 Å². The summed E-state index contributed by atoms with van der Waals surface area (Å²) in [7, 11) is 0. The van der Waals surface area contributed by atoms with Crippen LogP contribution < -0.4 is 21.1 Å². The van der Waals surface area contributed by atoms with Crippen LogP contribution in [0.15, 0.2) is 53.5 Å². The molecule has 24 heavy (non-hydrogen) atoms. The molecule has 0 atom stereocenters. The van der Waals surface area contributed by atoms with Crippen molar-refractivity contribution in [2.75, 3.05) is 6.61 Å². The van der Waals surface area contributed by atoms with Crippen LogP contribution in [0, 0.1) is 6.92 Å². The Kier molecular flexibility index (Phi) is 6.13. The maximum atomic E-state index is 11.7. The average molecular weight is 329 g/mol. The van der Waals surface area contributed by atoms with Crippen molar-refractivity contribution in [2.24, 2.45) is 0 Å². The Labute approximate surface area is 139 Å². The number of pyridine rings is 1. The van der Waals surface area contributed by atoms with Gasteiger partial charge in [0.2, 0.25) is 5.91 Å². The van der Waals surface area contributed by atoms with Crippen LogP contribution in [0.2, 0.25) is 0 Å². The Bertz CT molecular complexity index is 770. The number of carbonyl (C=O) groups excluding carboxylic acids is 2. The van der Waals surface area contributed by atoms with E-state index in [2.05, 4.69) is 10.9 Å². The maximum absolute atomic E-state index is 11.7. The van der Waals surface area contributed by atoms with Gasteiger partial charge in [-0.05, 0) is 24.6 Å². The van der Waals surface area contributed by atoms with Gasteiger partial charge in [-0.25, -0.2) is 0 Å². The Balaban J connectivity index is 1.69. The van der Waals surface area contributed by atoms with Gasteiger partial charge in [0.05, 0.1) is 13.0 Å². The first-order valence-corrected chi connectivity index (χ1v) is 7.48. The lowest BCUT2D eigenvalue weighted by atomic mass is 10.2. The highest BCUT2D eigenvalue weighted by Gasteiger charge is 2.07. The first kappa shape index (κ1) is 17.3. The molecule has 2 N–H and O–H groups in total. The summed E-state index contributed by atoms with van der Waals surface area (Å²) in [5, 5.41) is 0. The van der Waals surface area contributed by atoms with E-state index in [0.29, 0.717) is 0 Å². The third kappa shape index (κ3) is 5.28. The number of nitrogens with one attached hydrogen (secondary N) is 2. The van der Waals surface area contributed by atoms with Crippen molar-refractivity contribution in [3.8, 4) is 5.75 Å². The number of nitrogens with zero attached hydrogens (tertiary/aromatic N) is 1. The van der Waals surface area contributed by atoms with Crippen LogP contribution in [-0.2, 0) is 16.1 Å². The van der Waals surface area contributed by atoms with Crippen LogP contribution in [-0.4, -0.2) is 23.0 Å². The fourth-order valence-electron chi connectivity index (χ4n) is 1.96. The molecule has 0 aliphatic rings. The molecule has 0 unspecified atom stereocenters. The van der Waals surface area contributed by atoms with Crippen molar-refractivity contribution in [1.82, 2.24) is 15.4 Å². The lowest BCUT2D eigenvalue weighted by Gasteiger charge is -2.10. The molecule has 0 radical (unpaired) electrons. The normalized spacial score (nSPS) is 10.0. The molecule has 2 aromatic rings. The van der Waals surface area contributed by atoms with Crippen molar-refractivity contribution >= 4 is 11.8 Å². The van der Waals surface area contributed by atoms with E-state index in [9.17, 15) is 14.4 Å². The Morgan fingerprint density at radius 1 is 1.04 bits per heavy atom. The highest BCUT2D eigenvalue weighted by atomic mass is 16.5. The van der Waals surface area contributed by atoms with Crippen LogP contribution in [0.3, 0.4) is 0 Å². The minimum atomic E-state index is -0.489. The number of carbonyl (C=O) groups is 2. The Morgan fingerprint density at radius 2 is 1.75 bits per heavy atom. The van der Waals surface area contributed by atoms with E-state index in [1.165, 1.54) is 16.8 Å². The quantitative estimate of drug-likeness (QED) is 0.766. The van der Waals surface area contributed by atoms with Crippen molar-refractivity contribution in [3.05, 3.63) is 64.6 Å². The first-order chi connectivity index (χ1) is 11.6. The van der Waals surface area contributed by atoms with Crippen LogP contribution in [0.5, 0.6) is 5.75 Å². The molecule has 0 aliphatic carbocycles. The summed E-state index contributed by atoms with van der Waals surface area (Å²) in [6, 6.07) is 12.1. The number of rotatable bonds is 6. The zero-order valence-corrected chi connectivity index (χ0v) is 13.3. The molecular formula is C17H19N3O4. The molecule has 2 amide bonds. The van der Waals surface area contributed by atoms with E-state index >= 15 is 0 Å². The molecule has 7 heteroatoms. The Hall–Kier alpha value is -3.09. The van der Waals surface area contributed by atoms with E-state index in [4.69, 9.17) is 4.74 Å². The van der Waals surface area contributed by atoms with E-state index in [-0.39, 0.29) is 31.0 Å². The van der Waals surface area contributed by atoms with Gasteiger partial charge in [0.1, 0.15) is 12.3 Å². The number of hydrogen-bond acceptors (Lipinski definition) is 4. The fourth-order valence-corrected chi connectivity index (χ4v) is 1.96. The lowest BCUT2D eigenvalue weighted by molar-refractivity contribution is -0.129. The predicted octanol–water partition coefficient (Wildman–Crippen LogP) is 0.773. The largest absolute Gasteiger partial charge is 0.493 e. The van der Waals surface area contributed by atoms with Gasteiger partial charge < -0.3 is 9.30 Å². The zero-order chi connectivity index (χ0) is 17.4. The highest BCUT2D eigenvalue weighted by molar-refractivity contribution is 5.81. The molecule has 7 nitrogen and oxygen atoms in total. The molecule has 1 heterocycles. The minimum absolute atomic E-state index is 0.0971. The first-order valence-electron chi connectivity index (χ1n) is 7.48. The monoisotopic (exact) mass is 329 g/mol. The number of para-hydroxylation sites is 1. The number of benzene rings is 1. The number of aryl methyl sites for hydroxylation is 1. The number of amides is 2. The number of ether oxygens (including phenoxy) is 1. The van der Waals surface area contributed by atoms with Crippen molar-refractivity contribution < 1.29 is 14.3 Å². The van der Waals surface area contributed by atoms with Gasteiger partial charge in [0.15, 0.2) is 0 Å². The zero-order valence-electron chi connectivity index (χ0n) is 13.3. The van der Waals surface area contributed by atoms with Crippen molar-refractivity contribution in [2.45, 2.75) is 19.9 Å². The molecule has 0 spiro atoms.